The highest BCUT2D eigenvalue weighted by Crippen LogP contribution is 2.33. The minimum absolute atomic E-state index is 0.263. The third-order valence-electron chi connectivity index (χ3n) is 3.93. The Balaban J connectivity index is 1.97. The molecule has 0 amide bonds. The molecule has 1 aromatic heterocycles. The maximum Gasteiger partial charge on any atom is 0.137 e. The number of hydrogen-bond donors (Lipinski definition) is 1. The van der Waals surface area contributed by atoms with E-state index in [-0.39, 0.29) is 6.04 Å². The first-order valence-corrected chi connectivity index (χ1v) is 7.09. The molecule has 1 fully saturated rings. The van der Waals surface area contributed by atoms with Gasteiger partial charge in [-0.05, 0) is 31.5 Å². The fourth-order valence-corrected chi connectivity index (χ4v) is 2.92. The van der Waals surface area contributed by atoms with Crippen molar-refractivity contribution < 1.29 is 9.15 Å². The monoisotopic (exact) mass is 259 g/mol. The predicted molar refractivity (Wildman–Crippen MR) is 76.3 cm³/mol. The van der Waals surface area contributed by atoms with Crippen LogP contribution in [-0.4, -0.2) is 19.8 Å². The third-order valence-corrected chi connectivity index (χ3v) is 3.93. The van der Waals surface area contributed by atoms with Gasteiger partial charge in [-0.3, -0.25) is 0 Å². The molecule has 2 unspecified atom stereocenters. The maximum atomic E-state index is 6.11. The number of rotatable bonds is 4. The van der Waals surface area contributed by atoms with Gasteiger partial charge in [0.1, 0.15) is 11.3 Å². The van der Waals surface area contributed by atoms with Gasteiger partial charge in [-0.25, -0.2) is 0 Å². The normalized spacial score (nSPS) is 21.1. The number of para-hydroxylation sites is 1. The Kier molecular flexibility index (Phi) is 3.58. The largest absolute Gasteiger partial charge is 0.459 e. The molecule has 1 aliphatic rings. The van der Waals surface area contributed by atoms with Crippen LogP contribution in [0.1, 0.15) is 30.7 Å². The number of hydrogen-bond acceptors (Lipinski definition) is 3. The van der Waals surface area contributed by atoms with E-state index in [1.54, 1.807) is 0 Å². The number of ether oxygens (including phenoxy) is 1. The van der Waals surface area contributed by atoms with Crippen molar-refractivity contribution in [2.24, 2.45) is 5.92 Å². The van der Waals surface area contributed by atoms with Gasteiger partial charge in [0.05, 0.1) is 12.6 Å². The van der Waals surface area contributed by atoms with Gasteiger partial charge in [-0.1, -0.05) is 25.1 Å². The van der Waals surface area contributed by atoms with E-state index in [1.807, 2.05) is 0 Å². The lowest BCUT2D eigenvalue weighted by atomic mass is 9.96. The zero-order valence-electron chi connectivity index (χ0n) is 11.6. The summed E-state index contributed by atoms with van der Waals surface area (Å²) < 4.78 is 11.6. The van der Waals surface area contributed by atoms with Crippen molar-refractivity contribution in [1.29, 1.82) is 0 Å². The van der Waals surface area contributed by atoms with Crippen LogP contribution in [0.5, 0.6) is 0 Å². The second kappa shape index (κ2) is 5.35. The molecule has 0 saturated carbocycles. The number of furan rings is 1. The van der Waals surface area contributed by atoms with Crippen LogP contribution in [-0.2, 0) is 4.74 Å². The smallest absolute Gasteiger partial charge is 0.137 e. The summed E-state index contributed by atoms with van der Waals surface area (Å²) in [6.45, 7) is 6.87. The average molecular weight is 259 g/mol. The molecule has 0 aliphatic carbocycles. The standard InChI is InChI=1S/C16H21NO2/c1-3-17-15(13-7-8-18-10-13)14-9-12-6-4-5-11(2)16(12)19-14/h4-6,9,13,15,17H,3,7-8,10H2,1-2H3. The van der Waals surface area contributed by atoms with Crippen LogP contribution >= 0.6 is 0 Å². The van der Waals surface area contributed by atoms with E-state index in [2.05, 4.69) is 43.4 Å². The number of nitrogens with one attached hydrogen (secondary N) is 1. The number of aryl methyl sites for hydroxylation is 1. The summed E-state index contributed by atoms with van der Waals surface area (Å²) in [6.07, 6.45) is 1.10. The van der Waals surface area contributed by atoms with E-state index < -0.39 is 0 Å². The van der Waals surface area contributed by atoms with E-state index in [1.165, 1.54) is 10.9 Å². The molecule has 1 aromatic carbocycles. The molecule has 102 valence electrons. The van der Waals surface area contributed by atoms with Crippen molar-refractivity contribution in [1.82, 2.24) is 5.32 Å². The fraction of sp³-hybridized carbons (Fsp3) is 0.500. The van der Waals surface area contributed by atoms with Crippen molar-refractivity contribution in [3.8, 4) is 0 Å². The van der Waals surface area contributed by atoms with E-state index in [4.69, 9.17) is 9.15 Å². The third kappa shape index (κ3) is 2.40. The Morgan fingerprint density at radius 1 is 1.42 bits per heavy atom. The second-order valence-electron chi connectivity index (χ2n) is 5.30. The molecule has 3 heteroatoms. The first-order chi connectivity index (χ1) is 9.29. The SMILES string of the molecule is CCNC(c1cc2cccc(C)c2o1)C1CCOC1. The summed E-state index contributed by atoms with van der Waals surface area (Å²) in [6, 6.07) is 8.73. The molecule has 3 nitrogen and oxygen atoms in total. The van der Waals surface area contributed by atoms with Crippen molar-refractivity contribution in [3.63, 3.8) is 0 Å². The molecule has 0 bridgehead atoms. The molecular weight excluding hydrogens is 238 g/mol. The summed E-state index contributed by atoms with van der Waals surface area (Å²) in [7, 11) is 0. The van der Waals surface area contributed by atoms with Crippen LogP contribution in [0, 0.1) is 12.8 Å². The number of fused-ring (bicyclic) bond motifs is 1. The highest BCUT2D eigenvalue weighted by Gasteiger charge is 2.29. The van der Waals surface area contributed by atoms with Gasteiger partial charge >= 0.3 is 0 Å². The molecule has 3 rings (SSSR count). The Morgan fingerprint density at radius 3 is 3.00 bits per heavy atom. The second-order valence-corrected chi connectivity index (χ2v) is 5.30. The van der Waals surface area contributed by atoms with Crippen LogP contribution in [0.4, 0.5) is 0 Å². The molecule has 1 aliphatic heterocycles. The molecule has 2 heterocycles. The summed E-state index contributed by atoms with van der Waals surface area (Å²) >= 11 is 0. The lowest BCUT2D eigenvalue weighted by molar-refractivity contribution is 0.173. The van der Waals surface area contributed by atoms with Gasteiger partial charge in [-0.15, -0.1) is 0 Å². The zero-order chi connectivity index (χ0) is 13.2. The topological polar surface area (TPSA) is 34.4 Å². The molecule has 2 aromatic rings. The van der Waals surface area contributed by atoms with E-state index in [9.17, 15) is 0 Å². The first kappa shape index (κ1) is 12.7. The van der Waals surface area contributed by atoms with Crippen molar-refractivity contribution >= 4 is 11.0 Å². The minimum atomic E-state index is 0.263. The van der Waals surface area contributed by atoms with Gasteiger partial charge < -0.3 is 14.5 Å². The molecule has 19 heavy (non-hydrogen) atoms. The van der Waals surface area contributed by atoms with E-state index in [0.29, 0.717) is 5.92 Å². The van der Waals surface area contributed by atoms with Crippen LogP contribution in [0.2, 0.25) is 0 Å². The van der Waals surface area contributed by atoms with Crippen LogP contribution in [0.3, 0.4) is 0 Å². The summed E-state index contributed by atoms with van der Waals surface area (Å²) in [5, 5.41) is 4.74. The highest BCUT2D eigenvalue weighted by molar-refractivity contribution is 5.81. The molecular formula is C16H21NO2. The summed E-state index contributed by atoms with van der Waals surface area (Å²) in [5.41, 5.74) is 2.21. The van der Waals surface area contributed by atoms with Gasteiger partial charge in [0.25, 0.3) is 0 Å². The Labute approximate surface area is 113 Å². The van der Waals surface area contributed by atoms with Gasteiger partial charge in [-0.2, -0.15) is 0 Å². The first-order valence-electron chi connectivity index (χ1n) is 7.09. The molecule has 1 N–H and O–H groups in total. The molecule has 2 atom stereocenters. The van der Waals surface area contributed by atoms with Crippen molar-refractivity contribution in [2.75, 3.05) is 19.8 Å². The van der Waals surface area contributed by atoms with Gasteiger partial charge in [0, 0.05) is 17.9 Å². The van der Waals surface area contributed by atoms with Crippen LogP contribution in [0.15, 0.2) is 28.7 Å². The van der Waals surface area contributed by atoms with Crippen LogP contribution in [0.25, 0.3) is 11.0 Å². The number of benzene rings is 1. The fourth-order valence-electron chi connectivity index (χ4n) is 2.92. The average Bonchev–Trinajstić information content (AvgIpc) is 3.05. The molecule has 0 spiro atoms. The quantitative estimate of drug-likeness (QED) is 0.913. The lowest BCUT2D eigenvalue weighted by Crippen LogP contribution is -2.28. The van der Waals surface area contributed by atoms with E-state index >= 15 is 0 Å². The lowest BCUT2D eigenvalue weighted by Gasteiger charge is -2.20. The zero-order valence-corrected chi connectivity index (χ0v) is 11.6. The molecule has 0 radical (unpaired) electrons. The van der Waals surface area contributed by atoms with Gasteiger partial charge in [0.2, 0.25) is 0 Å². The summed E-state index contributed by atoms with van der Waals surface area (Å²) in [4.78, 5) is 0. The maximum absolute atomic E-state index is 6.11. The Morgan fingerprint density at radius 2 is 2.32 bits per heavy atom. The highest BCUT2D eigenvalue weighted by atomic mass is 16.5. The molecule has 1 saturated heterocycles. The van der Waals surface area contributed by atoms with Crippen molar-refractivity contribution in [3.05, 3.63) is 35.6 Å². The van der Waals surface area contributed by atoms with E-state index in [0.717, 1.165) is 37.5 Å². The Bertz CT molecular complexity index is 555. The van der Waals surface area contributed by atoms with Crippen molar-refractivity contribution in [2.45, 2.75) is 26.3 Å². The Hall–Kier alpha value is -1.32. The van der Waals surface area contributed by atoms with Crippen LogP contribution < -0.4 is 5.32 Å². The minimum Gasteiger partial charge on any atom is -0.459 e. The summed E-state index contributed by atoms with van der Waals surface area (Å²) in [5.74, 6) is 1.56. The van der Waals surface area contributed by atoms with Gasteiger partial charge in [0.15, 0.2) is 0 Å². The predicted octanol–water partition coefficient (Wildman–Crippen LogP) is 3.43.